The van der Waals surface area contributed by atoms with Crippen LogP contribution in [0.2, 0.25) is 0 Å². The standard InChI is InChI=1S/C27H29BrN2O3/c1-19(2)16-17-33-25-14-9-21(28)18-24(25)27(32)30-23-12-10-22(11-13-23)29-26(31)15-8-20-6-4-3-5-7-20/h3-7,9-14,18-19H,8,15-17H2,1-2H3,(H,29,31)(H,30,32). The molecule has 0 aromatic heterocycles. The van der Waals surface area contributed by atoms with Crippen molar-refractivity contribution >= 4 is 39.1 Å². The fourth-order valence-corrected chi connectivity index (χ4v) is 3.53. The molecule has 5 nitrogen and oxygen atoms in total. The number of carbonyl (C=O) groups is 2. The van der Waals surface area contributed by atoms with Gasteiger partial charge in [-0.3, -0.25) is 9.59 Å². The van der Waals surface area contributed by atoms with E-state index in [2.05, 4.69) is 40.4 Å². The highest BCUT2D eigenvalue weighted by atomic mass is 79.9. The van der Waals surface area contributed by atoms with Crippen molar-refractivity contribution in [2.24, 2.45) is 5.92 Å². The minimum atomic E-state index is -0.254. The van der Waals surface area contributed by atoms with Gasteiger partial charge in [-0.05, 0) is 66.8 Å². The summed E-state index contributed by atoms with van der Waals surface area (Å²) in [6.07, 6.45) is 2.01. The maximum absolute atomic E-state index is 12.9. The lowest BCUT2D eigenvalue weighted by molar-refractivity contribution is -0.116. The van der Waals surface area contributed by atoms with Gasteiger partial charge in [0.05, 0.1) is 12.2 Å². The average Bonchev–Trinajstić information content (AvgIpc) is 2.80. The summed E-state index contributed by atoms with van der Waals surface area (Å²) in [5, 5.41) is 5.80. The van der Waals surface area contributed by atoms with Crippen LogP contribution in [-0.2, 0) is 11.2 Å². The van der Waals surface area contributed by atoms with Crippen LogP contribution in [-0.4, -0.2) is 18.4 Å². The van der Waals surface area contributed by atoms with E-state index >= 15 is 0 Å². The minimum absolute atomic E-state index is 0.0482. The third kappa shape index (κ3) is 8.06. The van der Waals surface area contributed by atoms with Crippen LogP contribution in [0.3, 0.4) is 0 Å². The minimum Gasteiger partial charge on any atom is -0.493 e. The molecule has 172 valence electrons. The van der Waals surface area contributed by atoms with E-state index in [1.807, 2.05) is 36.4 Å². The Hall–Kier alpha value is -3.12. The third-order valence-corrected chi connectivity index (χ3v) is 5.54. The van der Waals surface area contributed by atoms with Crippen molar-refractivity contribution in [3.8, 4) is 5.75 Å². The lowest BCUT2D eigenvalue weighted by Gasteiger charge is -2.13. The van der Waals surface area contributed by atoms with Crippen LogP contribution in [0.1, 0.15) is 42.6 Å². The SMILES string of the molecule is CC(C)CCOc1ccc(Br)cc1C(=O)Nc1ccc(NC(=O)CCc2ccccc2)cc1. The van der Waals surface area contributed by atoms with Crippen LogP contribution in [0.4, 0.5) is 11.4 Å². The van der Waals surface area contributed by atoms with Crippen LogP contribution >= 0.6 is 15.9 Å². The van der Waals surface area contributed by atoms with Gasteiger partial charge in [-0.15, -0.1) is 0 Å². The molecule has 3 rings (SSSR count). The van der Waals surface area contributed by atoms with Gasteiger partial charge in [0.2, 0.25) is 5.91 Å². The Balaban J connectivity index is 1.56. The van der Waals surface area contributed by atoms with Crippen LogP contribution in [0.25, 0.3) is 0 Å². The van der Waals surface area contributed by atoms with Crippen molar-refractivity contribution in [2.45, 2.75) is 33.1 Å². The number of carbonyl (C=O) groups excluding carboxylic acids is 2. The molecule has 0 saturated heterocycles. The quantitative estimate of drug-likeness (QED) is 0.320. The summed E-state index contributed by atoms with van der Waals surface area (Å²) in [6.45, 7) is 4.82. The Labute approximate surface area is 203 Å². The van der Waals surface area contributed by atoms with Crippen LogP contribution in [0, 0.1) is 5.92 Å². The van der Waals surface area contributed by atoms with E-state index in [-0.39, 0.29) is 11.8 Å². The summed E-state index contributed by atoms with van der Waals surface area (Å²) in [6, 6.07) is 22.4. The number of nitrogens with one attached hydrogen (secondary N) is 2. The first-order valence-electron chi connectivity index (χ1n) is 11.1. The van der Waals surface area contributed by atoms with Gasteiger partial charge in [-0.2, -0.15) is 0 Å². The third-order valence-electron chi connectivity index (χ3n) is 5.05. The van der Waals surface area contributed by atoms with Crippen molar-refractivity contribution in [3.05, 3.63) is 88.4 Å². The molecule has 0 fully saturated rings. The van der Waals surface area contributed by atoms with E-state index in [4.69, 9.17) is 4.74 Å². The molecule has 0 unspecified atom stereocenters. The summed E-state index contributed by atoms with van der Waals surface area (Å²) in [7, 11) is 0. The molecule has 0 bridgehead atoms. The molecular formula is C27H29BrN2O3. The molecule has 3 aromatic rings. The Morgan fingerprint density at radius 1 is 0.909 bits per heavy atom. The number of amides is 2. The van der Waals surface area contributed by atoms with Crippen molar-refractivity contribution in [3.63, 3.8) is 0 Å². The van der Waals surface area contributed by atoms with Gasteiger partial charge < -0.3 is 15.4 Å². The number of hydrogen-bond acceptors (Lipinski definition) is 3. The number of halogens is 1. The molecular weight excluding hydrogens is 480 g/mol. The molecule has 6 heteroatoms. The first-order valence-corrected chi connectivity index (χ1v) is 11.9. The van der Waals surface area contributed by atoms with Crippen molar-refractivity contribution in [1.82, 2.24) is 0 Å². The smallest absolute Gasteiger partial charge is 0.259 e. The van der Waals surface area contributed by atoms with Gasteiger partial charge in [-0.25, -0.2) is 0 Å². The number of rotatable bonds is 10. The second kappa shape index (κ2) is 12.2. The predicted octanol–water partition coefficient (Wildman–Crippen LogP) is 6.70. The molecule has 3 aromatic carbocycles. The average molecular weight is 509 g/mol. The van der Waals surface area contributed by atoms with Crippen LogP contribution in [0.5, 0.6) is 5.75 Å². The Morgan fingerprint density at radius 2 is 1.58 bits per heavy atom. The summed E-state index contributed by atoms with van der Waals surface area (Å²) >= 11 is 3.43. The second-order valence-electron chi connectivity index (χ2n) is 8.24. The van der Waals surface area contributed by atoms with E-state index in [0.717, 1.165) is 16.5 Å². The first kappa shape index (κ1) is 24.5. The lowest BCUT2D eigenvalue weighted by atomic mass is 10.1. The van der Waals surface area contributed by atoms with Gasteiger partial charge in [-0.1, -0.05) is 60.1 Å². The monoisotopic (exact) mass is 508 g/mol. The molecule has 0 aliphatic carbocycles. The summed E-state index contributed by atoms with van der Waals surface area (Å²) < 4.78 is 6.65. The largest absolute Gasteiger partial charge is 0.493 e. The molecule has 0 atom stereocenters. The number of hydrogen-bond donors (Lipinski definition) is 2. The number of benzene rings is 3. The molecule has 2 amide bonds. The van der Waals surface area contributed by atoms with E-state index in [1.54, 1.807) is 36.4 Å². The van der Waals surface area contributed by atoms with Gasteiger partial charge in [0.15, 0.2) is 0 Å². The van der Waals surface area contributed by atoms with Gasteiger partial charge in [0.1, 0.15) is 5.75 Å². The maximum Gasteiger partial charge on any atom is 0.259 e. The molecule has 0 aliphatic rings. The highest BCUT2D eigenvalue weighted by Gasteiger charge is 2.14. The summed E-state index contributed by atoms with van der Waals surface area (Å²) in [4.78, 5) is 25.1. The number of aryl methyl sites for hydroxylation is 1. The Kier molecular flexibility index (Phi) is 9.07. The summed E-state index contributed by atoms with van der Waals surface area (Å²) in [5.74, 6) is 0.775. The molecule has 0 spiro atoms. The maximum atomic E-state index is 12.9. The zero-order chi connectivity index (χ0) is 23.6. The van der Waals surface area contributed by atoms with E-state index in [0.29, 0.717) is 48.1 Å². The first-order chi connectivity index (χ1) is 15.9. The molecule has 33 heavy (non-hydrogen) atoms. The highest BCUT2D eigenvalue weighted by molar-refractivity contribution is 9.10. The fourth-order valence-electron chi connectivity index (χ4n) is 3.17. The number of ether oxygens (including phenoxy) is 1. The van der Waals surface area contributed by atoms with E-state index in [9.17, 15) is 9.59 Å². The molecule has 0 heterocycles. The van der Waals surface area contributed by atoms with Crippen molar-refractivity contribution < 1.29 is 14.3 Å². The van der Waals surface area contributed by atoms with Crippen molar-refractivity contribution in [2.75, 3.05) is 17.2 Å². The highest BCUT2D eigenvalue weighted by Crippen LogP contribution is 2.25. The summed E-state index contributed by atoms with van der Waals surface area (Å²) in [5.41, 5.74) is 2.92. The van der Waals surface area contributed by atoms with Crippen molar-refractivity contribution in [1.29, 1.82) is 0 Å². The predicted molar refractivity (Wildman–Crippen MR) is 137 cm³/mol. The van der Waals surface area contributed by atoms with Gasteiger partial charge >= 0.3 is 0 Å². The van der Waals surface area contributed by atoms with Crippen LogP contribution in [0.15, 0.2) is 77.3 Å². The van der Waals surface area contributed by atoms with Gasteiger partial charge in [0.25, 0.3) is 5.91 Å². The van der Waals surface area contributed by atoms with Crippen LogP contribution < -0.4 is 15.4 Å². The topological polar surface area (TPSA) is 67.4 Å². The van der Waals surface area contributed by atoms with E-state index in [1.165, 1.54) is 0 Å². The second-order valence-corrected chi connectivity index (χ2v) is 9.15. The molecule has 0 saturated carbocycles. The zero-order valence-electron chi connectivity index (χ0n) is 18.9. The molecule has 0 aliphatic heterocycles. The zero-order valence-corrected chi connectivity index (χ0v) is 20.5. The van der Waals surface area contributed by atoms with E-state index < -0.39 is 0 Å². The lowest BCUT2D eigenvalue weighted by Crippen LogP contribution is -2.15. The fraction of sp³-hybridized carbons (Fsp3) is 0.259. The molecule has 0 radical (unpaired) electrons. The van der Waals surface area contributed by atoms with Gasteiger partial charge in [0, 0.05) is 22.3 Å². The Morgan fingerprint density at radius 3 is 2.24 bits per heavy atom. The normalized spacial score (nSPS) is 10.7. The Bertz CT molecular complexity index is 1070. The number of anilines is 2. The molecule has 2 N–H and O–H groups in total.